The summed E-state index contributed by atoms with van der Waals surface area (Å²) in [5.41, 5.74) is 1.92. The number of ketones is 1. The first-order valence-corrected chi connectivity index (χ1v) is 5.81. The molecule has 0 aromatic heterocycles. The lowest BCUT2D eigenvalue weighted by atomic mass is 10.0. The van der Waals surface area contributed by atoms with Crippen LogP contribution in [0.2, 0.25) is 0 Å². The van der Waals surface area contributed by atoms with E-state index in [-0.39, 0.29) is 17.8 Å². The molecule has 98 valence electrons. The van der Waals surface area contributed by atoms with Crippen LogP contribution >= 0.6 is 0 Å². The summed E-state index contributed by atoms with van der Waals surface area (Å²) in [6.45, 7) is 1.95. The molecular formula is C15H14O4. The van der Waals surface area contributed by atoms with E-state index in [0.29, 0.717) is 0 Å². The molecule has 0 aliphatic heterocycles. The van der Waals surface area contributed by atoms with E-state index < -0.39 is 17.2 Å². The van der Waals surface area contributed by atoms with E-state index in [1.54, 1.807) is 0 Å². The third-order valence-electron chi connectivity index (χ3n) is 2.92. The van der Waals surface area contributed by atoms with Crippen LogP contribution in [0.15, 0.2) is 36.4 Å². The molecule has 0 radical (unpaired) electrons. The maximum absolute atomic E-state index is 12.0. The molecule has 0 atom stereocenters. The third kappa shape index (κ3) is 2.68. The fourth-order valence-electron chi connectivity index (χ4n) is 1.78. The van der Waals surface area contributed by atoms with Crippen LogP contribution in [0.3, 0.4) is 0 Å². The van der Waals surface area contributed by atoms with E-state index in [1.807, 2.05) is 31.2 Å². The van der Waals surface area contributed by atoms with Gasteiger partial charge in [-0.15, -0.1) is 0 Å². The van der Waals surface area contributed by atoms with Crippen molar-refractivity contribution in [1.82, 2.24) is 0 Å². The maximum atomic E-state index is 12.0. The van der Waals surface area contributed by atoms with E-state index in [0.717, 1.165) is 11.1 Å². The largest absolute Gasteiger partial charge is 0.504 e. The number of phenolic OH excluding ortho intramolecular Hbond substituents is 3. The molecule has 0 heterocycles. The van der Waals surface area contributed by atoms with Crippen molar-refractivity contribution in [2.24, 2.45) is 0 Å². The van der Waals surface area contributed by atoms with Crippen molar-refractivity contribution in [3.63, 3.8) is 0 Å². The van der Waals surface area contributed by atoms with Crippen LogP contribution in [0.25, 0.3) is 0 Å². The summed E-state index contributed by atoms with van der Waals surface area (Å²) in [5.74, 6) is -2.03. The molecule has 4 heteroatoms. The van der Waals surface area contributed by atoms with Crippen molar-refractivity contribution in [2.45, 2.75) is 13.3 Å². The number of Topliss-reactive ketones (excluding diaryl/α,β-unsaturated/α-hetero) is 1. The van der Waals surface area contributed by atoms with Crippen molar-refractivity contribution in [3.8, 4) is 17.2 Å². The van der Waals surface area contributed by atoms with Crippen molar-refractivity contribution in [2.75, 3.05) is 0 Å². The predicted octanol–water partition coefficient (Wildman–Crippen LogP) is 2.54. The Morgan fingerprint density at radius 3 is 2.21 bits per heavy atom. The SMILES string of the molecule is Cc1ccc(CC(=O)c2ccc(O)c(O)c2O)cc1. The number of phenols is 3. The van der Waals surface area contributed by atoms with Gasteiger partial charge in [-0.25, -0.2) is 0 Å². The lowest BCUT2D eigenvalue weighted by molar-refractivity contribution is 0.0989. The highest BCUT2D eigenvalue weighted by Gasteiger charge is 2.17. The minimum Gasteiger partial charge on any atom is -0.504 e. The molecule has 0 saturated carbocycles. The maximum Gasteiger partial charge on any atom is 0.201 e. The number of hydrogen-bond donors (Lipinski definition) is 3. The van der Waals surface area contributed by atoms with Crippen LogP contribution in [-0.4, -0.2) is 21.1 Å². The molecule has 0 saturated heterocycles. The van der Waals surface area contributed by atoms with Gasteiger partial charge in [-0.1, -0.05) is 29.8 Å². The monoisotopic (exact) mass is 258 g/mol. The number of carbonyl (C=O) groups excluding carboxylic acids is 1. The van der Waals surface area contributed by atoms with Crippen LogP contribution < -0.4 is 0 Å². The summed E-state index contributed by atoms with van der Waals surface area (Å²) in [4.78, 5) is 12.0. The lowest BCUT2D eigenvalue weighted by Crippen LogP contribution is -2.04. The van der Waals surface area contributed by atoms with Crippen molar-refractivity contribution in [3.05, 3.63) is 53.1 Å². The summed E-state index contributed by atoms with van der Waals surface area (Å²) in [7, 11) is 0. The first-order chi connectivity index (χ1) is 8.99. The molecule has 19 heavy (non-hydrogen) atoms. The smallest absolute Gasteiger partial charge is 0.201 e. The number of carbonyl (C=O) groups is 1. The van der Waals surface area contributed by atoms with E-state index in [4.69, 9.17) is 0 Å². The van der Waals surface area contributed by atoms with Gasteiger partial charge in [0.15, 0.2) is 17.3 Å². The zero-order valence-corrected chi connectivity index (χ0v) is 10.4. The van der Waals surface area contributed by atoms with Crippen LogP contribution in [0.1, 0.15) is 21.5 Å². The Morgan fingerprint density at radius 2 is 1.58 bits per heavy atom. The quantitative estimate of drug-likeness (QED) is 0.584. The second-order valence-electron chi connectivity index (χ2n) is 4.42. The van der Waals surface area contributed by atoms with Gasteiger partial charge in [0.25, 0.3) is 0 Å². The Bertz CT molecular complexity index is 615. The fourth-order valence-corrected chi connectivity index (χ4v) is 1.78. The van der Waals surface area contributed by atoms with E-state index in [2.05, 4.69) is 0 Å². The highest BCUT2D eigenvalue weighted by molar-refractivity contribution is 6.00. The Hall–Kier alpha value is -2.49. The van der Waals surface area contributed by atoms with Gasteiger partial charge < -0.3 is 15.3 Å². The second kappa shape index (κ2) is 5.02. The molecule has 0 spiro atoms. The molecule has 0 amide bonds. The van der Waals surface area contributed by atoms with Crippen LogP contribution in [-0.2, 0) is 6.42 Å². The fraction of sp³-hybridized carbons (Fsp3) is 0.133. The molecule has 0 aliphatic carbocycles. The van der Waals surface area contributed by atoms with Crippen LogP contribution in [0.5, 0.6) is 17.2 Å². The first-order valence-electron chi connectivity index (χ1n) is 5.81. The molecule has 0 fully saturated rings. The third-order valence-corrected chi connectivity index (χ3v) is 2.92. The lowest BCUT2D eigenvalue weighted by Gasteiger charge is -2.07. The number of aryl methyl sites for hydroxylation is 1. The van der Waals surface area contributed by atoms with Gasteiger partial charge >= 0.3 is 0 Å². The van der Waals surface area contributed by atoms with Crippen molar-refractivity contribution >= 4 is 5.78 Å². The van der Waals surface area contributed by atoms with Crippen LogP contribution in [0, 0.1) is 6.92 Å². The molecule has 2 aromatic carbocycles. The van der Waals surface area contributed by atoms with Crippen LogP contribution in [0.4, 0.5) is 0 Å². The molecule has 0 bridgehead atoms. The van der Waals surface area contributed by atoms with E-state index in [1.165, 1.54) is 12.1 Å². The Balaban J connectivity index is 2.25. The highest BCUT2D eigenvalue weighted by atomic mass is 16.3. The van der Waals surface area contributed by atoms with Gasteiger partial charge in [0, 0.05) is 6.42 Å². The summed E-state index contributed by atoms with van der Waals surface area (Å²) in [6.07, 6.45) is 0.123. The number of hydrogen-bond acceptors (Lipinski definition) is 4. The van der Waals surface area contributed by atoms with Crippen molar-refractivity contribution in [1.29, 1.82) is 0 Å². The van der Waals surface area contributed by atoms with Gasteiger partial charge in [0.2, 0.25) is 5.75 Å². The predicted molar refractivity (Wildman–Crippen MR) is 70.6 cm³/mol. The van der Waals surface area contributed by atoms with Gasteiger partial charge in [0.1, 0.15) is 0 Å². The zero-order chi connectivity index (χ0) is 14.0. The molecule has 2 aromatic rings. The summed E-state index contributed by atoms with van der Waals surface area (Å²) in [6, 6.07) is 9.95. The average molecular weight is 258 g/mol. The Kier molecular flexibility index (Phi) is 3.42. The van der Waals surface area contributed by atoms with E-state index >= 15 is 0 Å². The number of aromatic hydroxyl groups is 3. The minimum atomic E-state index is -0.672. The molecule has 2 rings (SSSR count). The summed E-state index contributed by atoms with van der Waals surface area (Å²) >= 11 is 0. The van der Waals surface area contributed by atoms with Gasteiger partial charge in [-0.2, -0.15) is 0 Å². The standard InChI is InChI=1S/C15H14O4/c1-9-2-4-10(5-3-9)8-13(17)11-6-7-12(16)15(19)14(11)18/h2-7,16,18-19H,8H2,1H3. The normalized spacial score (nSPS) is 10.4. The second-order valence-corrected chi connectivity index (χ2v) is 4.42. The summed E-state index contributed by atoms with van der Waals surface area (Å²) < 4.78 is 0. The summed E-state index contributed by atoms with van der Waals surface area (Å²) in [5, 5.41) is 28.2. The first kappa shape index (κ1) is 13.0. The number of benzene rings is 2. The van der Waals surface area contributed by atoms with Gasteiger partial charge in [-0.3, -0.25) is 4.79 Å². The average Bonchev–Trinajstić information content (AvgIpc) is 2.39. The van der Waals surface area contributed by atoms with Gasteiger partial charge in [0.05, 0.1) is 5.56 Å². The number of rotatable bonds is 3. The van der Waals surface area contributed by atoms with E-state index in [9.17, 15) is 20.1 Å². The molecular weight excluding hydrogens is 244 g/mol. The Labute approximate surface area is 110 Å². The van der Waals surface area contributed by atoms with Crippen molar-refractivity contribution < 1.29 is 20.1 Å². The topological polar surface area (TPSA) is 77.8 Å². The molecule has 3 N–H and O–H groups in total. The Morgan fingerprint density at radius 1 is 0.947 bits per heavy atom. The molecule has 4 nitrogen and oxygen atoms in total. The molecule has 0 unspecified atom stereocenters. The highest BCUT2D eigenvalue weighted by Crippen LogP contribution is 2.37. The zero-order valence-electron chi connectivity index (χ0n) is 10.4. The minimum absolute atomic E-state index is 0.00382. The van der Waals surface area contributed by atoms with Gasteiger partial charge in [-0.05, 0) is 24.6 Å². The molecule has 0 aliphatic rings.